The van der Waals surface area contributed by atoms with Crippen molar-refractivity contribution in [1.29, 1.82) is 0 Å². The minimum atomic E-state index is -0.705. The van der Waals surface area contributed by atoms with E-state index in [1.807, 2.05) is 13.8 Å². The van der Waals surface area contributed by atoms with Crippen molar-refractivity contribution >= 4 is 46.6 Å². The molecule has 2 aromatic carbocycles. The molecule has 2 rings (SSSR count). The lowest BCUT2D eigenvalue weighted by Gasteiger charge is -2.29. The molecule has 0 aromatic heterocycles. The fourth-order valence-corrected chi connectivity index (χ4v) is 3.17. The van der Waals surface area contributed by atoms with E-state index in [1.165, 1.54) is 4.90 Å². The van der Waals surface area contributed by atoms with Crippen molar-refractivity contribution in [3.8, 4) is 5.75 Å². The number of nitrogens with one attached hydrogen (secondary N) is 1. The van der Waals surface area contributed by atoms with E-state index in [9.17, 15) is 9.59 Å². The van der Waals surface area contributed by atoms with Crippen molar-refractivity contribution in [3.63, 3.8) is 0 Å². The van der Waals surface area contributed by atoms with Crippen LogP contribution in [0.4, 0.5) is 0 Å². The van der Waals surface area contributed by atoms with Crippen LogP contribution in [0.5, 0.6) is 5.75 Å². The molecule has 0 radical (unpaired) electrons. The van der Waals surface area contributed by atoms with Crippen LogP contribution in [0.15, 0.2) is 42.5 Å². The summed E-state index contributed by atoms with van der Waals surface area (Å²) in [6.07, 6.45) is 0.789. The lowest BCUT2D eigenvalue weighted by atomic mass is 10.1. The van der Waals surface area contributed by atoms with Gasteiger partial charge in [-0.15, -0.1) is 0 Å². The minimum absolute atomic E-state index is 0.00425. The first-order valence-corrected chi connectivity index (χ1v) is 10.8. The van der Waals surface area contributed by atoms with Crippen molar-refractivity contribution in [2.45, 2.75) is 45.8 Å². The molecule has 2 atom stereocenters. The summed E-state index contributed by atoms with van der Waals surface area (Å²) in [5, 5.41) is 4.23. The number of nitrogens with zero attached hydrogens (tertiary/aromatic N) is 1. The molecule has 0 heterocycles. The molecule has 30 heavy (non-hydrogen) atoms. The molecule has 8 heteroatoms. The van der Waals surface area contributed by atoms with Gasteiger partial charge in [0.25, 0.3) is 5.91 Å². The number of carbonyl (C=O) groups excluding carboxylic acids is 2. The fraction of sp³-hybridized carbons (Fsp3) is 0.364. The molecule has 0 spiro atoms. The van der Waals surface area contributed by atoms with E-state index in [-0.39, 0.29) is 31.0 Å². The van der Waals surface area contributed by atoms with E-state index < -0.39 is 6.04 Å². The Morgan fingerprint density at radius 1 is 1.07 bits per heavy atom. The van der Waals surface area contributed by atoms with Gasteiger partial charge in [0.05, 0.1) is 10.0 Å². The van der Waals surface area contributed by atoms with E-state index in [2.05, 4.69) is 5.32 Å². The van der Waals surface area contributed by atoms with Gasteiger partial charge in [-0.25, -0.2) is 0 Å². The van der Waals surface area contributed by atoms with Crippen LogP contribution in [0, 0.1) is 0 Å². The van der Waals surface area contributed by atoms with Crippen LogP contribution in [-0.4, -0.2) is 35.4 Å². The summed E-state index contributed by atoms with van der Waals surface area (Å²) in [6, 6.07) is 11.2. The van der Waals surface area contributed by atoms with Crippen LogP contribution < -0.4 is 10.1 Å². The molecule has 0 aliphatic rings. The highest BCUT2D eigenvalue weighted by Crippen LogP contribution is 2.24. The molecule has 0 bridgehead atoms. The zero-order valence-electron chi connectivity index (χ0n) is 17.1. The number of rotatable bonds is 9. The first-order valence-electron chi connectivity index (χ1n) is 9.63. The van der Waals surface area contributed by atoms with Gasteiger partial charge in [0, 0.05) is 17.6 Å². The zero-order valence-corrected chi connectivity index (χ0v) is 19.4. The highest BCUT2D eigenvalue weighted by Gasteiger charge is 2.27. The number of carbonyl (C=O) groups is 2. The summed E-state index contributed by atoms with van der Waals surface area (Å²) in [5.41, 5.74) is 0.753. The van der Waals surface area contributed by atoms with Crippen LogP contribution in [0.2, 0.25) is 15.1 Å². The van der Waals surface area contributed by atoms with Gasteiger partial charge >= 0.3 is 0 Å². The van der Waals surface area contributed by atoms with Gasteiger partial charge in [0.15, 0.2) is 6.61 Å². The van der Waals surface area contributed by atoms with Crippen molar-refractivity contribution in [2.24, 2.45) is 0 Å². The third-order valence-corrected chi connectivity index (χ3v) is 5.64. The Balaban J connectivity index is 2.18. The Morgan fingerprint density at radius 2 is 1.80 bits per heavy atom. The van der Waals surface area contributed by atoms with Crippen LogP contribution in [0.1, 0.15) is 32.8 Å². The summed E-state index contributed by atoms with van der Waals surface area (Å²) in [5.74, 6) is -0.101. The summed E-state index contributed by atoms with van der Waals surface area (Å²) >= 11 is 18.1. The molecule has 2 aromatic rings. The predicted molar refractivity (Wildman–Crippen MR) is 121 cm³/mol. The normalized spacial score (nSPS) is 12.7. The zero-order chi connectivity index (χ0) is 22.3. The topological polar surface area (TPSA) is 58.6 Å². The van der Waals surface area contributed by atoms with E-state index in [1.54, 1.807) is 49.4 Å². The first-order chi connectivity index (χ1) is 14.2. The van der Waals surface area contributed by atoms with E-state index in [4.69, 9.17) is 39.5 Å². The SMILES string of the molecule is CC[C@H](C)NC(=O)[C@H](C)N(Cc1ccc(Cl)c(Cl)c1)C(=O)COc1cccc(Cl)c1. The van der Waals surface area contributed by atoms with Crippen LogP contribution in [0.25, 0.3) is 0 Å². The summed E-state index contributed by atoms with van der Waals surface area (Å²) in [6.45, 7) is 5.53. The van der Waals surface area contributed by atoms with Crippen LogP contribution in [-0.2, 0) is 16.1 Å². The molecule has 162 valence electrons. The van der Waals surface area contributed by atoms with Crippen molar-refractivity contribution < 1.29 is 14.3 Å². The van der Waals surface area contributed by atoms with Gasteiger partial charge in [0.1, 0.15) is 11.8 Å². The largest absolute Gasteiger partial charge is 0.484 e. The maximum Gasteiger partial charge on any atom is 0.261 e. The Labute approximate surface area is 192 Å². The minimum Gasteiger partial charge on any atom is -0.484 e. The van der Waals surface area contributed by atoms with Crippen molar-refractivity contribution in [3.05, 3.63) is 63.1 Å². The van der Waals surface area contributed by atoms with Crippen LogP contribution >= 0.6 is 34.8 Å². The molecule has 0 saturated heterocycles. The molecule has 0 aliphatic heterocycles. The van der Waals surface area contributed by atoms with Crippen LogP contribution in [0.3, 0.4) is 0 Å². The molecule has 0 saturated carbocycles. The van der Waals surface area contributed by atoms with Gasteiger partial charge in [-0.1, -0.05) is 53.9 Å². The second kappa shape index (κ2) is 11.4. The second-order valence-corrected chi connectivity index (χ2v) is 8.26. The molecule has 2 amide bonds. The van der Waals surface area contributed by atoms with Gasteiger partial charge in [0.2, 0.25) is 5.91 Å². The quantitative estimate of drug-likeness (QED) is 0.536. The monoisotopic (exact) mass is 470 g/mol. The van der Waals surface area contributed by atoms with Crippen molar-refractivity contribution in [2.75, 3.05) is 6.61 Å². The Kier molecular flexibility index (Phi) is 9.28. The summed E-state index contributed by atoms with van der Waals surface area (Å²) in [7, 11) is 0. The average Bonchev–Trinajstić information content (AvgIpc) is 2.72. The smallest absolute Gasteiger partial charge is 0.261 e. The van der Waals surface area contributed by atoms with E-state index in [0.717, 1.165) is 12.0 Å². The van der Waals surface area contributed by atoms with Gasteiger partial charge in [-0.05, 0) is 56.2 Å². The van der Waals surface area contributed by atoms with E-state index >= 15 is 0 Å². The number of benzene rings is 2. The number of amides is 2. The Hall–Kier alpha value is -1.95. The highest BCUT2D eigenvalue weighted by atomic mass is 35.5. The maximum absolute atomic E-state index is 13.0. The summed E-state index contributed by atoms with van der Waals surface area (Å²) < 4.78 is 5.59. The molecular formula is C22H25Cl3N2O3. The third-order valence-electron chi connectivity index (χ3n) is 4.66. The third kappa shape index (κ3) is 7.08. The van der Waals surface area contributed by atoms with Gasteiger partial charge in [-0.2, -0.15) is 0 Å². The molecule has 1 N–H and O–H groups in total. The van der Waals surface area contributed by atoms with Crippen molar-refractivity contribution in [1.82, 2.24) is 10.2 Å². The molecule has 0 unspecified atom stereocenters. The standard InChI is InChI=1S/C22H25Cl3N2O3/c1-4-14(2)26-22(29)15(3)27(12-16-8-9-19(24)20(25)10-16)21(28)13-30-18-7-5-6-17(23)11-18/h5-11,14-15H,4,12-13H2,1-3H3,(H,26,29)/t14-,15-/m0/s1. The van der Waals surface area contributed by atoms with E-state index in [0.29, 0.717) is 20.8 Å². The molecule has 0 aliphatic carbocycles. The molecular weight excluding hydrogens is 447 g/mol. The summed E-state index contributed by atoms with van der Waals surface area (Å²) in [4.78, 5) is 27.1. The number of ether oxygens (including phenoxy) is 1. The predicted octanol–water partition coefficient (Wildman–Crippen LogP) is 5.36. The first kappa shape index (κ1) is 24.3. The highest BCUT2D eigenvalue weighted by molar-refractivity contribution is 6.42. The molecule has 0 fully saturated rings. The number of halogens is 3. The second-order valence-electron chi connectivity index (χ2n) is 7.01. The number of hydrogen-bond acceptors (Lipinski definition) is 3. The number of hydrogen-bond donors (Lipinski definition) is 1. The average molecular weight is 472 g/mol. The lowest BCUT2D eigenvalue weighted by molar-refractivity contribution is -0.142. The fourth-order valence-electron chi connectivity index (χ4n) is 2.67. The van der Waals surface area contributed by atoms with Gasteiger partial charge in [-0.3, -0.25) is 9.59 Å². The maximum atomic E-state index is 13.0. The lowest BCUT2D eigenvalue weighted by Crippen LogP contribution is -2.50. The Morgan fingerprint density at radius 3 is 2.43 bits per heavy atom. The van der Waals surface area contributed by atoms with Gasteiger partial charge < -0.3 is 15.0 Å². The Bertz CT molecular complexity index is 892. The molecule has 5 nitrogen and oxygen atoms in total.